The van der Waals surface area contributed by atoms with Crippen molar-refractivity contribution in [1.82, 2.24) is 20.0 Å². The lowest BCUT2D eigenvalue weighted by molar-refractivity contribution is -0.0329. The fourth-order valence-corrected chi connectivity index (χ4v) is 4.67. The van der Waals surface area contributed by atoms with Gasteiger partial charge in [0.15, 0.2) is 5.82 Å². The van der Waals surface area contributed by atoms with Crippen LogP contribution < -0.4 is 26.0 Å². The SMILES string of the molecule is [2H]C([2H])([2H])Oc1ccc(C(=O)NC)cc1NCC#Cc1cc2c(N[C@@H]3CCNC[C@@H]3F)nccn2c1SC(F)(F)F. The molecule has 1 aliphatic heterocycles. The Kier molecular flexibility index (Phi) is 7.31. The molecule has 0 bridgehead atoms. The predicted octanol–water partition coefficient (Wildman–Crippen LogP) is 3.89. The van der Waals surface area contributed by atoms with Gasteiger partial charge in [-0.15, -0.1) is 0 Å². The lowest BCUT2D eigenvalue weighted by Gasteiger charge is -2.28. The first-order valence-corrected chi connectivity index (χ1v) is 12.3. The van der Waals surface area contributed by atoms with Crippen molar-refractivity contribution in [3.63, 3.8) is 0 Å². The van der Waals surface area contributed by atoms with Crippen LogP contribution in [0, 0.1) is 11.8 Å². The number of hydrogen-bond donors (Lipinski definition) is 4. The first kappa shape index (κ1) is 23.5. The molecule has 0 unspecified atom stereocenters. The predicted molar refractivity (Wildman–Crippen MR) is 139 cm³/mol. The van der Waals surface area contributed by atoms with Crippen molar-refractivity contribution in [2.24, 2.45) is 0 Å². The summed E-state index contributed by atoms with van der Waals surface area (Å²) in [7, 11) is -1.33. The second kappa shape index (κ2) is 11.8. The van der Waals surface area contributed by atoms with Crippen LogP contribution in [0.15, 0.2) is 41.7 Å². The van der Waals surface area contributed by atoms with Gasteiger partial charge in [-0.2, -0.15) is 13.2 Å². The van der Waals surface area contributed by atoms with Gasteiger partial charge < -0.3 is 30.4 Å². The second-order valence-corrected chi connectivity index (χ2v) is 9.30. The molecular formula is C25H26F4N6O2S. The van der Waals surface area contributed by atoms with Crippen LogP contribution in [-0.4, -0.2) is 66.7 Å². The molecule has 1 fully saturated rings. The average Bonchev–Trinajstić information content (AvgIpc) is 3.24. The lowest BCUT2D eigenvalue weighted by Crippen LogP contribution is -2.45. The van der Waals surface area contributed by atoms with E-state index in [2.05, 4.69) is 38.1 Å². The molecule has 4 rings (SSSR count). The number of methoxy groups -OCH3 is 1. The van der Waals surface area contributed by atoms with E-state index in [0.717, 1.165) is 0 Å². The highest BCUT2D eigenvalue weighted by molar-refractivity contribution is 8.00. The molecule has 1 aliphatic rings. The summed E-state index contributed by atoms with van der Waals surface area (Å²) in [5, 5.41) is 11.1. The number of carbonyl (C=O) groups is 1. The van der Waals surface area contributed by atoms with Crippen LogP contribution in [0.4, 0.5) is 29.1 Å². The van der Waals surface area contributed by atoms with Crippen molar-refractivity contribution in [2.45, 2.75) is 29.2 Å². The van der Waals surface area contributed by atoms with E-state index in [4.69, 9.17) is 8.85 Å². The molecule has 13 heteroatoms. The normalized spacial score (nSPS) is 18.9. The molecule has 0 aliphatic carbocycles. The highest BCUT2D eigenvalue weighted by atomic mass is 32.2. The van der Waals surface area contributed by atoms with Crippen LogP contribution in [0.2, 0.25) is 0 Å². The maximum Gasteiger partial charge on any atom is 0.447 e. The van der Waals surface area contributed by atoms with E-state index >= 15 is 0 Å². The summed E-state index contributed by atoms with van der Waals surface area (Å²) in [5.41, 5.74) is -3.87. The Hall–Kier alpha value is -3.63. The Morgan fingerprint density at radius 3 is 2.97 bits per heavy atom. The van der Waals surface area contributed by atoms with E-state index in [1.54, 1.807) is 0 Å². The quantitative estimate of drug-likeness (QED) is 0.201. The summed E-state index contributed by atoms with van der Waals surface area (Å²) < 4.78 is 83.2. The molecule has 8 nitrogen and oxygen atoms in total. The standard InChI is InChI=1S/C25H26F4N6O2S/c1-30-23(36)15-5-6-21(37-2)19(12-15)32-8-3-4-16-13-20-22(34-18-7-9-31-14-17(18)26)33-10-11-35(20)24(16)38-25(27,28)29/h5-6,10-13,17-18,31-32H,7-9,14H2,1-2H3,(H,30,36)(H,33,34)/t17-,18+/m0/s1/i2D3. The van der Waals surface area contributed by atoms with E-state index in [1.807, 2.05) is 0 Å². The van der Waals surface area contributed by atoms with Gasteiger partial charge in [-0.1, -0.05) is 11.8 Å². The highest BCUT2D eigenvalue weighted by Gasteiger charge is 2.33. The van der Waals surface area contributed by atoms with Crippen molar-refractivity contribution < 1.29 is 31.2 Å². The van der Waals surface area contributed by atoms with Crippen LogP contribution in [0.3, 0.4) is 0 Å². The summed E-state index contributed by atoms with van der Waals surface area (Å²) >= 11 is -0.337. The molecule has 0 spiro atoms. The number of aromatic nitrogens is 2. The Morgan fingerprint density at radius 2 is 2.24 bits per heavy atom. The number of piperidine rings is 1. The first-order valence-electron chi connectivity index (χ1n) is 13.0. The second-order valence-electron chi connectivity index (χ2n) is 8.25. The molecule has 38 heavy (non-hydrogen) atoms. The number of benzene rings is 1. The van der Waals surface area contributed by atoms with Crippen LogP contribution in [0.25, 0.3) is 5.52 Å². The van der Waals surface area contributed by atoms with Crippen molar-refractivity contribution in [1.29, 1.82) is 0 Å². The van der Waals surface area contributed by atoms with Crippen LogP contribution in [-0.2, 0) is 0 Å². The molecule has 202 valence electrons. The first-order chi connectivity index (χ1) is 19.3. The molecule has 3 heterocycles. The van der Waals surface area contributed by atoms with E-state index in [9.17, 15) is 22.4 Å². The maximum atomic E-state index is 14.4. The number of nitrogens with one attached hydrogen (secondary N) is 4. The van der Waals surface area contributed by atoms with Gasteiger partial charge in [-0.05, 0) is 37.2 Å². The monoisotopic (exact) mass is 553 g/mol. The minimum atomic E-state index is -4.61. The van der Waals surface area contributed by atoms with E-state index in [-0.39, 0.29) is 58.3 Å². The number of halogens is 4. The molecule has 1 amide bonds. The van der Waals surface area contributed by atoms with E-state index in [1.165, 1.54) is 48.1 Å². The third kappa shape index (κ3) is 6.43. The smallest absolute Gasteiger partial charge is 0.447 e. The summed E-state index contributed by atoms with van der Waals surface area (Å²) in [6.45, 7) is 0.622. The topological polar surface area (TPSA) is 91.7 Å². The van der Waals surface area contributed by atoms with Crippen molar-refractivity contribution in [3.05, 3.63) is 47.8 Å². The molecular weight excluding hydrogens is 524 g/mol. The number of anilines is 2. The summed E-state index contributed by atoms with van der Waals surface area (Å²) in [4.78, 5) is 16.3. The number of hydrogen-bond acceptors (Lipinski definition) is 7. The fraction of sp³-hybridized carbons (Fsp3) is 0.360. The van der Waals surface area contributed by atoms with Gasteiger partial charge in [0.05, 0.1) is 40.5 Å². The number of ether oxygens (including phenoxy) is 1. The third-order valence-electron chi connectivity index (χ3n) is 5.76. The Balaban J connectivity index is 1.63. The number of carbonyl (C=O) groups excluding carboxylic acids is 1. The highest BCUT2D eigenvalue weighted by Crippen LogP contribution is 2.40. The largest absolute Gasteiger partial charge is 0.495 e. The molecule has 2 atom stereocenters. The molecule has 3 aromatic rings. The van der Waals surface area contributed by atoms with Crippen molar-refractivity contribution in [3.8, 4) is 17.6 Å². The minimum absolute atomic E-state index is 0.0605. The van der Waals surface area contributed by atoms with E-state index < -0.39 is 30.7 Å². The van der Waals surface area contributed by atoms with Crippen LogP contribution >= 0.6 is 11.8 Å². The number of fused-ring (bicyclic) bond motifs is 1. The zero-order chi connectivity index (χ0) is 29.8. The summed E-state index contributed by atoms with van der Waals surface area (Å²) in [5.74, 6) is 5.21. The number of amides is 1. The van der Waals surface area contributed by atoms with Gasteiger partial charge >= 0.3 is 5.51 Å². The van der Waals surface area contributed by atoms with Gasteiger partial charge in [0.25, 0.3) is 5.91 Å². The zero-order valence-corrected chi connectivity index (χ0v) is 20.9. The Morgan fingerprint density at radius 1 is 1.39 bits per heavy atom. The molecule has 0 radical (unpaired) electrons. The van der Waals surface area contributed by atoms with Crippen LogP contribution in [0.5, 0.6) is 5.75 Å². The maximum absolute atomic E-state index is 14.4. The number of nitrogens with zero attached hydrogens (tertiary/aromatic N) is 2. The van der Waals surface area contributed by atoms with Crippen molar-refractivity contribution >= 4 is 34.7 Å². The van der Waals surface area contributed by atoms with Crippen molar-refractivity contribution in [2.75, 3.05) is 44.4 Å². The van der Waals surface area contributed by atoms with Gasteiger partial charge in [-0.3, -0.25) is 4.79 Å². The van der Waals surface area contributed by atoms with Crippen LogP contribution in [0.1, 0.15) is 26.5 Å². The molecule has 1 saturated heterocycles. The van der Waals surface area contributed by atoms with Gasteiger partial charge in [-0.25, -0.2) is 9.37 Å². The lowest BCUT2D eigenvalue weighted by atomic mass is 10.1. The Labute approximate surface area is 225 Å². The van der Waals surface area contributed by atoms with Gasteiger partial charge in [0.2, 0.25) is 0 Å². The fourth-order valence-electron chi connectivity index (χ4n) is 3.97. The molecule has 4 N–H and O–H groups in total. The number of thioether (sulfide) groups is 1. The summed E-state index contributed by atoms with van der Waals surface area (Å²) in [6.07, 6.45) is 1.98. The minimum Gasteiger partial charge on any atom is -0.495 e. The van der Waals surface area contributed by atoms with Gasteiger partial charge in [0, 0.05) is 43.3 Å². The molecule has 2 aromatic heterocycles. The average molecular weight is 554 g/mol. The third-order valence-corrected chi connectivity index (χ3v) is 6.60. The molecule has 1 aromatic carbocycles. The van der Waals surface area contributed by atoms with E-state index in [0.29, 0.717) is 18.5 Å². The summed E-state index contributed by atoms with van der Waals surface area (Å²) in [6, 6.07) is 4.97. The van der Waals surface area contributed by atoms with Gasteiger partial charge in [0.1, 0.15) is 16.9 Å². The molecule has 0 saturated carbocycles. The Bertz CT molecular complexity index is 1470. The zero-order valence-electron chi connectivity index (χ0n) is 23.1. The number of alkyl halides is 4. The number of rotatable bonds is 7.